The summed E-state index contributed by atoms with van der Waals surface area (Å²) in [5.74, 6) is 0.609. The van der Waals surface area contributed by atoms with Crippen LogP contribution in [0.1, 0.15) is 55.0 Å². The van der Waals surface area contributed by atoms with Gasteiger partial charge in [0.1, 0.15) is 12.4 Å². The minimum atomic E-state index is -0.570. The van der Waals surface area contributed by atoms with Crippen LogP contribution in [-0.2, 0) is 6.61 Å². The van der Waals surface area contributed by atoms with Gasteiger partial charge in [-0.25, -0.2) is 4.98 Å². The van der Waals surface area contributed by atoms with Crippen molar-refractivity contribution >= 4 is 61.9 Å². The van der Waals surface area contributed by atoms with Crippen LogP contribution in [0.5, 0.6) is 5.75 Å². The van der Waals surface area contributed by atoms with E-state index in [9.17, 15) is 14.9 Å². The molecule has 1 aromatic heterocycles. The van der Waals surface area contributed by atoms with Gasteiger partial charge in [0.05, 0.1) is 27.1 Å². The number of aromatic nitrogens is 2. The largest absolute Gasteiger partial charge is 0.481 e. The molecule has 5 rings (SSSR count). The van der Waals surface area contributed by atoms with Gasteiger partial charge in [0.2, 0.25) is 5.75 Å². The van der Waals surface area contributed by atoms with Crippen molar-refractivity contribution in [3.63, 3.8) is 0 Å². The number of benzene rings is 3. The van der Waals surface area contributed by atoms with Crippen molar-refractivity contribution in [2.24, 2.45) is 5.10 Å². The molecule has 0 saturated heterocycles. The lowest BCUT2D eigenvalue weighted by Gasteiger charge is -2.22. The summed E-state index contributed by atoms with van der Waals surface area (Å²) >= 11 is 16.0. The molecule has 0 amide bonds. The lowest BCUT2D eigenvalue weighted by atomic mass is 9.88. The first kappa shape index (κ1) is 27.3. The summed E-state index contributed by atoms with van der Waals surface area (Å²) in [6.07, 6.45) is 6.48. The van der Waals surface area contributed by atoms with E-state index in [4.69, 9.17) is 32.9 Å². The Balaban J connectivity index is 1.53. The molecule has 0 aliphatic heterocycles. The number of halogens is 3. The van der Waals surface area contributed by atoms with Crippen LogP contribution in [0, 0.1) is 10.1 Å². The van der Waals surface area contributed by atoms with Gasteiger partial charge in [-0.2, -0.15) is 9.78 Å². The third kappa shape index (κ3) is 6.00. The molecule has 1 fully saturated rings. The molecule has 1 aliphatic carbocycles. The second kappa shape index (κ2) is 11.9. The minimum absolute atomic E-state index is 0.00608. The first-order valence-corrected chi connectivity index (χ1v) is 14.0. The molecule has 0 atom stereocenters. The zero-order chi connectivity index (χ0) is 27.5. The van der Waals surface area contributed by atoms with Crippen LogP contribution in [0.3, 0.4) is 0 Å². The molecule has 0 radical (unpaired) electrons. The van der Waals surface area contributed by atoms with E-state index in [1.54, 1.807) is 30.3 Å². The molecule has 0 N–H and O–H groups in total. The fourth-order valence-corrected chi connectivity index (χ4v) is 5.57. The Morgan fingerprint density at radius 1 is 1.10 bits per heavy atom. The Labute approximate surface area is 242 Å². The summed E-state index contributed by atoms with van der Waals surface area (Å²) in [4.78, 5) is 29.7. The number of fused-ring (bicyclic) bond motifs is 1. The van der Waals surface area contributed by atoms with Crippen LogP contribution in [0.15, 0.2) is 69.0 Å². The Hall–Kier alpha value is -3.27. The smallest absolute Gasteiger partial charge is 0.313 e. The maximum atomic E-state index is 13.5. The van der Waals surface area contributed by atoms with Crippen LogP contribution >= 0.6 is 39.1 Å². The van der Waals surface area contributed by atoms with Crippen molar-refractivity contribution in [1.29, 1.82) is 0 Å². The molecular weight excluding hydrogens is 607 g/mol. The maximum Gasteiger partial charge on any atom is 0.313 e. The summed E-state index contributed by atoms with van der Waals surface area (Å²) in [6.45, 7) is 0.00608. The van der Waals surface area contributed by atoms with Crippen molar-refractivity contribution in [3.8, 4) is 5.75 Å². The zero-order valence-electron chi connectivity index (χ0n) is 20.6. The first-order valence-electron chi connectivity index (χ1n) is 12.4. The fourth-order valence-electron chi connectivity index (χ4n) is 4.74. The van der Waals surface area contributed by atoms with Crippen LogP contribution in [0.2, 0.25) is 10.0 Å². The lowest BCUT2D eigenvalue weighted by Crippen LogP contribution is -2.25. The third-order valence-corrected chi connectivity index (χ3v) is 7.84. The average Bonchev–Trinajstić information content (AvgIpc) is 2.93. The van der Waals surface area contributed by atoms with E-state index in [0.717, 1.165) is 36.6 Å². The Morgan fingerprint density at radius 2 is 1.87 bits per heavy atom. The highest BCUT2D eigenvalue weighted by molar-refractivity contribution is 9.10. The molecule has 0 bridgehead atoms. The van der Waals surface area contributed by atoms with E-state index in [2.05, 4.69) is 21.0 Å². The molecular formula is C28H23BrCl2N4O4. The van der Waals surface area contributed by atoms with Crippen LogP contribution in [0.25, 0.3) is 10.9 Å². The van der Waals surface area contributed by atoms with Gasteiger partial charge in [-0.1, -0.05) is 76.6 Å². The van der Waals surface area contributed by atoms with Crippen molar-refractivity contribution < 1.29 is 9.66 Å². The van der Waals surface area contributed by atoms with Crippen molar-refractivity contribution in [3.05, 3.63) is 107 Å². The Bertz CT molecular complexity index is 1650. The fraction of sp³-hybridized carbons (Fsp3) is 0.250. The monoisotopic (exact) mass is 628 g/mol. The summed E-state index contributed by atoms with van der Waals surface area (Å²) in [5.41, 5.74) is 0.983. The number of nitrogens with zero attached hydrogens (tertiary/aromatic N) is 4. The lowest BCUT2D eigenvalue weighted by molar-refractivity contribution is -0.385. The molecule has 8 nitrogen and oxygen atoms in total. The number of nitro groups is 1. The maximum absolute atomic E-state index is 13.5. The summed E-state index contributed by atoms with van der Waals surface area (Å²) in [5, 5.41) is 17.3. The van der Waals surface area contributed by atoms with Gasteiger partial charge in [0.25, 0.3) is 5.56 Å². The number of hydrogen-bond acceptors (Lipinski definition) is 6. The van der Waals surface area contributed by atoms with E-state index < -0.39 is 4.92 Å². The zero-order valence-corrected chi connectivity index (χ0v) is 23.7. The van der Waals surface area contributed by atoms with E-state index >= 15 is 0 Å². The first-order chi connectivity index (χ1) is 18.8. The Morgan fingerprint density at radius 3 is 2.62 bits per heavy atom. The number of ether oxygens (including phenoxy) is 1. The number of rotatable bonds is 7. The molecule has 39 heavy (non-hydrogen) atoms. The standard InChI is InChI=1S/C28H23BrCl2N4O4/c29-20-10-11-24-21(14-20)28(36)34(27(33-24)18-6-2-1-3-7-18)32-15-17-12-23(31)26(25(13-17)35(37)38)39-16-19-8-4-5-9-22(19)30/h4-5,8-15,18H,1-3,6-7,16H2. The van der Waals surface area contributed by atoms with Gasteiger partial charge in [-0.05, 0) is 43.2 Å². The summed E-state index contributed by atoms with van der Waals surface area (Å²) in [6, 6.07) is 15.3. The topological polar surface area (TPSA) is 99.6 Å². The molecule has 0 unspecified atom stereocenters. The Kier molecular flexibility index (Phi) is 8.30. The average molecular weight is 630 g/mol. The molecule has 1 heterocycles. The van der Waals surface area contributed by atoms with Crippen molar-refractivity contribution in [2.75, 3.05) is 0 Å². The van der Waals surface area contributed by atoms with Gasteiger partial charge < -0.3 is 4.74 Å². The van der Waals surface area contributed by atoms with E-state index in [1.807, 2.05) is 12.1 Å². The molecule has 11 heteroatoms. The highest BCUT2D eigenvalue weighted by atomic mass is 79.9. The van der Waals surface area contributed by atoms with E-state index in [0.29, 0.717) is 32.9 Å². The van der Waals surface area contributed by atoms with Crippen molar-refractivity contribution in [1.82, 2.24) is 9.66 Å². The third-order valence-electron chi connectivity index (χ3n) is 6.70. The number of hydrogen-bond donors (Lipinski definition) is 0. The van der Waals surface area contributed by atoms with Gasteiger partial charge in [-0.3, -0.25) is 14.9 Å². The second-order valence-corrected chi connectivity index (χ2v) is 11.0. The van der Waals surface area contributed by atoms with Crippen molar-refractivity contribution in [2.45, 2.75) is 44.6 Å². The molecule has 1 aliphatic rings. The SMILES string of the molecule is O=c1c2cc(Br)ccc2nc(C2CCCCC2)n1N=Cc1cc(Cl)c(OCc2ccccc2Cl)c([N+](=O)[O-])c1. The predicted octanol–water partition coefficient (Wildman–Crippen LogP) is 7.88. The van der Waals surface area contributed by atoms with E-state index in [1.165, 1.54) is 23.0 Å². The quantitative estimate of drug-likeness (QED) is 0.118. The number of nitro benzene ring substituents is 1. The van der Waals surface area contributed by atoms with Gasteiger partial charge >= 0.3 is 5.69 Å². The normalized spacial score (nSPS) is 14.2. The molecule has 4 aromatic rings. The molecule has 3 aromatic carbocycles. The van der Waals surface area contributed by atoms with Crippen LogP contribution in [-0.4, -0.2) is 20.8 Å². The highest BCUT2D eigenvalue weighted by Gasteiger charge is 2.24. The second-order valence-electron chi connectivity index (χ2n) is 9.32. The molecule has 1 saturated carbocycles. The van der Waals surface area contributed by atoms with Gasteiger partial charge in [0.15, 0.2) is 0 Å². The molecule has 0 spiro atoms. The molecule has 200 valence electrons. The van der Waals surface area contributed by atoms with Crippen LogP contribution in [0.4, 0.5) is 5.69 Å². The van der Waals surface area contributed by atoms with Crippen LogP contribution < -0.4 is 10.3 Å². The predicted molar refractivity (Wildman–Crippen MR) is 156 cm³/mol. The summed E-state index contributed by atoms with van der Waals surface area (Å²) < 4.78 is 7.78. The highest BCUT2D eigenvalue weighted by Crippen LogP contribution is 2.37. The minimum Gasteiger partial charge on any atom is -0.481 e. The van der Waals surface area contributed by atoms with E-state index in [-0.39, 0.29) is 34.5 Å². The van der Waals surface area contributed by atoms with Gasteiger partial charge in [-0.15, -0.1) is 0 Å². The van der Waals surface area contributed by atoms with Gasteiger partial charge in [0, 0.05) is 32.6 Å². The summed E-state index contributed by atoms with van der Waals surface area (Å²) in [7, 11) is 0.